The highest BCUT2D eigenvalue weighted by atomic mass is 27.0. The number of alkyl halides is 3. The summed E-state index contributed by atoms with van der Waals surface area (Å²) in [4.78, 5) is 19.7. The Morgan fingerprint density at radius 1 is 1.45 bits per heavy atom. The van der Waals surface area contributed by atoms with Crippen molar-refractivity contribution in [3.8, 4) is 5.88 Å². The van der Waals surface area contributed by atoms with Crippen molar-refractivity contribution in [1.82, 2.24) is 15.3 Å². The van der Waals surface area contributed by atoms with Gasteiger partial charge in [-0.3, -0.25) is 4.79 Å². The summed E-state index contributed by atoms with van der Waals surface area (Å²) in [5, 5.41) is 3.24. The third kappa shape index (κ3) is 5.24. The fourth-order valence-electron chi connectivity index (χ4n) is 3.77. The second kappa shape index (κ2) is 8.54. The molecule has 0 amide bonds. The van der Waals surface area contributed by atoms with Crippen LogP contribution in [0.4, 0.5) is 24.9 Å². The Bertz CT molecular complexity index is 744. The first-order valence-corrected chi connectivity index (χ1v) is 10.1. The molecule has 2 aliphatic rings. The fraction of sp³-hybridized carbons (Fsp3) is 0.706. The van der Waals surface area contributed by atoms with Crippen molar-refractivity contribution in [3.05, 3.63) is 6.07 Å². The Hall–Kier alpha value is -1.77. The van der Waals surface area contributed by atoms with E-state index in [1.807, 2.05) is 4.90 Å². The molecule has 0 aliphatic carbocycles. The van der Waals surface area contributed by atoms with Crippen molar-refractivity contribution in [2.45, 2.75) is 43.4 Å². The van der Waals surface area contributed by atoms with E-state index in [1.165, 1.54) is 6.07 Å². The Kier molecular flexibility index (Phi) is 6.46. The summed E-state index contributed by atoms with van der Waals surface area (Å²) in [6.07, 6.45) is -2.21. The van der Waals surface area contributed by atoms with Crippen LogP contribution in [0.2, 0.25) is 0 Å². The van der Waals surface area contributed by atoms with Gasteiger partial charge in [0.1, 0.15) is 16.8 Å². The van der Waals surface area contributed by atoms with Crippen LogP contribution in [-0.2, 0) is 9.53 Å². The maximum absolute atomic E-state index is 12.7. The standard InChI is InChI=1S/C17H23F3N5O3.Al/c1-2-27-14(26)11-8-16(9-22-11)3-5-25(6-4-16)12-7-13(24-15(21)23-12)28-10-17(18,19)20;/h7,10-11,22H,2-6,8-9H2,1H3,(H2,21,23,24);/t11-;/m0./s1. The first kappa shape index (κ1) is 21.9. The van der Waals surface area contributed by atoms with Crippen LogP contribution in [0.25, 0.3) is 0 Å². The van der Waals surface area contributed by atoms with Crippen LogP contribution in [0.5, 0.6) is 5.88 Å². The zero-order chi connectivity index (χ0) is 21.2. The summed E-state index contributed by atoms with van der Waals surface area (Å²) in [7, 11) is 0. The largest absolute Gasteiger partial charge is 0.484 e. The number of carbonyl (C=O) groups excluding carboxylic acids is 1. The van der Waals surface area contributed by atoms with Crippen LogP contribution in [0.1, 0.15) is 26.2 Å². The minimum Gasteiger partial charge on any atom is -0.484 e. The number of piperidine rings is 1. The second-order valence-electron chi connectivity index (χ2n) is 7.38. The smallest absolute Gasteiger partial charge is 0.408 e. The maximum atomic E-state index is 12.7. The first-order valence-electron chi connectivity index (χ1n) is 9.40. The van der Waals surface area contributed by atoms with Gasteiger partial charge in [-0.1, -0.05) is 0 Å². The average molecular weight is 429 g/mol. The van der Waals surface area contributed by atoms with Gasteiger partial charge in [-0.05, 0) is 31.6 Å². The number of nitrogens with zero attached hydrogens (tertiary/aromatic N) is 3. The summed E-state index contributed by atoms with van der Waals surface area (Å²) in [6, 6.07) is 1.07. The summed E-state index contributed by atoms with van der Waals surface area (Å²) < 4.78 is 48.1. The summed E-state index contributed by atoms with van der Waals surface area (Å²) >= 11 is 1.59. The molecule has 158 valence electrons. The van der Waals surface area contributed by atoms with E-state index in [0.717, 1.165) is 19.4 Å². The molecule has 2 radical (unpaired) electrons. The number of rotatable bonds is 5. The number of aromatic nitrogens is 2. The quantitative estimate of drug-likeness (QED) is 0.528. The van der Waals surface area contributed by atoms with Crippen molar-refractivity contribution in [1.29, 1.82) is 0 Å². The van der Waals surface area contributed by atoms with Gasteiger partial charge < -0.3 is 25.4 Å². The van der Waals surface area contributed by atoms with E-state index in [1.54, 1.807) is 23.2 Å². The maximum Gasteiger partial charge on any atom is 0.408 e. The Labute approximate surface area is 174 Å². The highest BCUT2D eigenvalue weighted by Gasteiger charge is 2.44. The number of nitrogens with two attached hydrogens (primary N) is 1. The van der Waals surface area contributed by atoms with Crippen molar-refractivity contribution in [3.63, 3.8) is 0 Å². The van der Waals surface area contributed by atoms with Crippen molar-refractivity contribution < 1.29 is 27.4 Å². The molecule has 1 aromatic heterocycles. The molecule has 3 heterocycles. The average Bonchev–Trinajstić information content (AvgIpc) is 3.05. The first-order chi connectivity index (χ1) is 13.6. The number of hydrogen-bond acceptors (Lipinski definition) is 8. The summed E-state index contributed by atoms with van der Waals surface area (Å²) in [5.74, 6) is -0.180. The lowest BCUT2D eigenvalue weighted by atomic mass is 9.76. The molecule has 0 aromatic carbocycles. The van der Waals surface area contributed by atoms with Crippen LogP contribution in [0, 0.1) is 5.41 Å². The Morgan fingerprint density at radius 2 is 2.14 bits per heavy atom. The molecule has 0 unspecified atom stereocenters. The van der Waals surface area contributed by atoms with Gasteiger partial charge in [-0.15, -0.1) is 0 Å². The van der Waals surface area contributed by atoms with E-state index in [-0.39, 0.29) is 29.3 Å². The molecule has 8 nitrogen and oxygen atoms in total. The van der Waals surface area contributed by atoms with Gasteiger partial charge in [0.05, 0.1) is 6.61 Å². The lowest BCUT2D eigenvalue weighted by Crippen LogP contribution is -2.41. The number of nitrogens with one attached hydrogen (secondary N) is 1. The van der Waals surface area contributed by atoms with Gasteiger partial charge in [0, 0.05) is 25.7 Å². The normalized spacial score (nSPS) is 22.5. The minimum atomic E-state index is -4.53. The third-order valence-electron chi connectivity index (χ3n) is 5.36. The van der Waals surface area contributed by atoms with Crippen molar-refractivity contribution >= 4 is 34.0 Å². The highest BCUT2D eigenvalue weighted by molar-refractivity contribution is 6.11. The molecule has 1 spiro atoms. The molecule has 3 rings (SSSR count). The third-order valence-corrected chi connectivity index (χ3v) is 5.87. The molecule has 1 aromatic rings. The van der Waals surface area contributed by atoms with E-state index in [9.17, 15) is 18.0 Å². The monoisotopic (exact) mass is 429 g/mol. The van der Waals surface area contributed by atoms with Gasteiger partial charge in [-0.25, -0.2) is 0 Å². The van der Waals surface area contributed by atoms with Crippen LogP contribution in [0.15, 0.2) is 6.07 Å². The van der Waals surface area contributed by atoms with Crippen molar-refractivity contribution in [2.75, 3.05) is 36.9 Å². The molecular formula is C17H23AlF3N5O3. The molecular weight excluding hydrogens is 406 g/mol. The van der Waals surface area contributed by atoms with E-state index in [0.29, 0.717) is 31.9 Å². The highest BCUT2D eigenvalue weighted by Crippen LogP contribution is 2.40. The molecule has 29 heavy (non-hydrogen) atoms. The van der Waals surface area contributed by atoms with Crippen LogP contribution >= 0.6 is 0 Å². The minimum absolute atomic E-state index is 0.00668. The number of nitrogen functional groups attached to an aromatic ring is 1. The Balaban J connectivity index is 1.63. The van der Waals surface area contributed by atoms with Crippen LogP contribution < -0.4 is 20.7 Å². The predicted molar refractivity (Wildman–Crippen MR) is 99.6 cm³/mol. The van der Waals surface area contributed by atoms with E-state index >= 15 is 0 Å². The zero-order valence-corrected chi connectivity index (χ0v) is 17.2. The fourth-order valence-corrected chi connectivity index (χ4v) is 3.91. The second-order valence-corrected chi connectivity index (χ2v) is 7.98. The molecule has 2 atom stereocenters. The molecule has 0 bridgehead atoms. The van der Waals surface area contributed by atoms with E-state index in [4.69, 9.17) is 15.2 Å². The number of halogens is 3. The number of carbonyl (C=O) groups is 1. The SMILES string of the molecule is CCOC(=O)[C@@H]1CC2(CCN(c3cc(O[C@H]([Al])C(F)(F)F)nc(N)n3)CC2)CN1. The molecule has 2 saturated heterocycles. The number of anilines is 2. The number of ether oxygens (including phenoxy) is 2. The van der Waals surface area contributed by atoms with Crippen LogP contribution in [0.3, 0.4) is 0 Å². The van der Waals surface area contributed by atoms with Crippen LogP contribution in [-0.4, -0.2) is 75.7 Å². The van der Waals surface area contributed by atoms with Gasteiger partial charge in [-0.2, -0.15) is 23.1 Å². The molecule has 2 aliphatic heterocycles. The molecule has 2 fully saturated rings. The number of esters is 1. The van der Waals surface area contributed by atoms with Gasteiger partial charge >= 0.3 is 12.1 Å². The lowest BCUT2D eigenvalue weighted by Gasteiger charge is -2.39. The van der Waals surface area contributed by atoms with E-state index in [2.05, 4.69) is 15.3 Å². The van der Waals surface area contributed by atoms with Gasteiger partial charge in [0.25, 0.3) is 0 Å². The Morgan fingerprint density at radius 3 is 2.76 bits per heavy atom. The molecule has 0 saturated carbocycles. The summed E-state index contributed by atoms with van der Waals surface area (Å²) in [6.45, 7) is 4.13. The topological polar surface area (TPSA) is 103 Å². The lowest BCUT2D eigenvalue weighted by molar-refractivity contribution is -0.170. The predicted octanol–water partition coefficient (Wildman–Crippen LogP) is 1.01. The molecule has 12 heteroatoms. The number of hydrogen-bond donors (Lipinski definition) is 2. The zero-order valence-electron chi connectivity index (χ0n) is 16.0. The van der Waals surface area contributed by atoms with E-state index < -0.39 is 11.1 Å². The van der Waals surface area contributed by atoms with Gasteiger partial charge in [0.15, 0.2) is 0 Å². The van der Waals surface area contributed by atoms with Gasteiger partial charge in [0.2, 0.25) is 28.1 Å². The summed E-state index contributed by atoms with van der Waals surface area (Å²) in [5.41, 5.74) is 5.66. The van der Waals surface area contributed by atoms with Crippen molar-refractivity contribution in [2.24, 2.45) is 5.41 Å². The molecule has 3 N–H and O–H groups in total.